The minimum Gasteiger partial charge on any atom is -0.457 e. The summed E-state index contributed by atoms with van der Waals surface area (Å²) in [5, 5.41) is 8.53. The second-order valence-corrected chi connectivity index (χ2v) is 13.3. The maximum atomic E-state index is 13.8. The highest BCUT2D eigenvalue weighted by Crippen LogP contribution is 2.37. The molecule has 0 aliphatic rings. The molecule has 6 aromatic carbocycles. The number of carbonyl (C=O) groups excluding carboxylic acids is 3. The number of carbonyl (C=O) groups is 3. The van der Waals surface area contributed by atoms with Crippen LogP contribution in [0.15, 0.2) is 168 Å². The number of hydrogen-bond donors (Lipinski definition) is 3. The molecule has 0 aromatic heterocycles. The number of nitrogens with one attached hydrogen (secondary N) is 3. The first-order chi connectivity index (χ1) is 25.3. The Balaban J connectivity index is 1.20. The molecule has 1 unspecified atom stereocenters. The molecule has 0 spiro atoms. The first-order valence-electron chi connectivity index (χ1n) is 16.1. The van der Waals surface area contributed by atoms with E-state index in [0.29, 0.717) is 39.0 Å². The lowest BCUT2D eigenvalue weighted by Crippen LogP contribution is -2.30. The Labute approximate surface area is 315 Å². The van der Waals surface area contributed by atoms with Crippen molar-refractivity contribution in [1.29, 1.82) is 0 Å². The van der Waals surface area contributed by atoms with Gasteiger partial charge in [0.05, 0.1) is 10.0 Å². The summed E-state index contributed by atoms with van der Waals surface area (Å²) in [5.74, 6) is 0.0759. The molecule has 7 nitrogen and oxygen atoms in total. The maximum absolute atomic E-state index is 13.8. The number of hydrogen-bond acceptors (Lipinski definition) is 5. The van der Waals surface area contributed by atoms with E-state index >= 15 is 0 Å². The zero-order valence-corrected chi connectivity index (χ0v) is 29.8. The van der Waals surface area contributed by atoms with Gasteiger partial charge in [0.15, 0.2) is 0 Å². The second-order valence-electron chi connectivity index (χ2n) is 11.3. The third kappa shape index (κ3) is 9.70. The van der Waals surface area contributed by atoms with Crippen LogP contribution in [0.2, 0.25) is 10.0 Å². The van der Waals surface area contributed by atoms with E-state index in [4.69, 9.17) is 27.9 Å². The molecule has 3 amide bonds. The summed E-state index contributed by atoms with van der Waals surface area (Å²) in [6.07, 6.45) is 1.47. The van der Waals surface area contributed by atoms with Gasteiger partial charge < -0.3 is 20.7 Å². The van der Waals surface area contributed by atoms with E-state index < -0.39 is 17.1 Å². The lowest BCUT2D eigenvalue weighted by molar-refractivity contribution is -0.116. The van der Waals surface area contributed by atoms with Gasteiger partial charge in [-0.25, -0.2) is 0 Å². The van der Waals surface area contributed by atoms with Crippen LogP contribution in [0.25, 0.3) is 6.08 Å². The van der Waals surface area contributed by atoms with Gasteiger partial charge in [0, 0.05) is 21.8 Å². The number of ether oxygens (including phenoxy) is 1. The Kier molecular flexibility index (Phi) is 12.1. The fraction of sp³-hybridized carbons (Fsp3) is 0.0238. The summed E-state index contributed by atoms with van der Waals surface area (Å²) in [4.78, 5) is 41.4. The molecular weight excluding hydrogens is 713 g/mol. The lowest BCUT2D eigenvalue weighted by atomic mass is 10.1. The number of benzene rings is 6. The molecule has 0 fully saturated rings. The molecule has 258 valence electrons. The van der Waals surface area contributed by atoms with Gasteiger partial charge in [-0.2, -0.15) is 0 Å². The number of rotatable bonds is 12. The number of para-hydroxylation sites is 1. The summed E-state index contributed by atoms with van der Waals surface area (Å²) < 4.78 is 5.88. The van der Waals surface area contributed by atoms with Gasteiger partial charge in [-0.3, -0.25) is 14.4 Å². The van der Waals surface area contributed by atoms with Crippen molar-refractivity contribution < 1.29 is 19.1 Å². The van der Waals surface area contributed by atoms with Crippen molar-refractivity contribution in [3.05, 3.63) is 190 Å². The third-order valence-electron chi connectivity index (χ3n) is 7.60. The quantitative estimate of drug-likeness (QED) is 0.0856. The fourth-order valence-corrected chi connectivity index (χ4v) is 6.50. The molecule has 0 saturated carbocycles. The smallest absolute Gasteiger partial charge is 0.272 e. The minimum absolute atomic E-state index is 0.0437. The van der Waals surface area contributed by atoms with Crippen molar-refractivity contribution in [1.82, 2.24) is 5.32 Å². The van der Waals surface area contributed by atoms with Crippen LogP contribution in [0.3, 0.4) is 0 Å². The Hall–Kier alpha value is -5.80. The molecule has 0 radical (unpaired) electrons. The Morgan fingerprint density at radius 3 is 1.98 bits per heavy atom. The molecule has 3 N–H and O–H groups in total. The van der Waals surface area contributed by atoms with Crippen molar-refractivity contribution in [3.63, 3.8) is 0 Å². The minimum atomic E-state index is -0.627. The predicted octanol–water partition coefficient (Wildman–Crippen LogP) is 10.7. The molecule has 10 heteroatoms. The molecule has 1 atom stereocenters. The van der Waals surface area contributed by atoms with Crippen LogP contribution in [-0.4, -0.2) is 17.7 Å². The van der Waals surface area contributed by atoms with E-state index in [-0.39, 0.29) is 16.6 Å². The molecule has 0 saturated heterocycles. The number of anilines is 2. The molecule has 52 heavy (non-hydrogen) atoms. The maximum Gasteiger partial charge on any atom is 0.272 e. The topological polar surface area (TPSA) is 96.5 Å². The molecule has 6 aromatic rings. The van der Waals surface area contributed by atoms with E-state index in [9.17, 15) is 14.4 Å². The van der Waals surface area contributed by atoms with Crippen molar-refractivity contribution in [2.45, 2.75) is 10.1 Å². The van der Waals surface area contributed by atoms with E-state index in [0.717, 1.165) is 10.5 Å². The van der Waals surface area contributed by atoms with E-state index in [1.54, 1.807) is 91.0 Å². The van der Waals surface area contributed by atoms with Crippen LogP contribution >= 0.6 is 35.0 Å². The Bertz CT molecular complexity index is 2200. The number of thioether (sulfide) groups is 1. The highest BCUT2D eigenvalue weighted by molar-refractivity contribution is 8.00. The average Bonchev–Trinajstić information content (AvgIpc) is 3.17. The summed E-state index contributed by atoms with van der Waals surface area (Å²) in [5.41, 5.74) is 2.65. The van der Waals surface area contributed by atoms with Crippen molar-refractivity contribution in [2.75, 3.05) is 10.6 Å². The van der Waals surface area contributed by atoms with Gasteiger partial charge in [-0.05, 0) is 90.0 Å². The highest BCUT2D eigenvalue weighted by Gasteiger charge is 2.23. The SMILES string of the molecule is O=C(Nc1cccc(SC(C(=O)Nc2ccc(Oc3ccccc3)cc2)c2ccccc2)c1)/C(=C\c1cccc(Cl)c1Cl)NC(=O)c1ccccc1. The zero-order valence-electron chi connectivity index (χ0n) is 27.5. The van der Waals surface area contributed by atoms with E-state index in [1.807, 2.05) is 66.7 Å². The van der Waals surface area contributed by atoms with Crippen molar-refractivity contribution >= 4 is 70.1 Å². The van der Waals surface area contributed by atoms with Gasteiger partial charge in [-0.1, -0.05) is 108 Å². The monoisotopic (exact) mass is 743 g/mol. The van der Waals surface area contributed by atoms with Gasteiger partial charge in [0.25, 0.3) is 11.8 Å². The van der Waals surface area contributed by atoms with Crippen molar-refractivity contribution in [3.8, 4) is 11.5 Å². The van der Waals surface area contributed by atoms with Crippen LogP contribution < -0.4 is 20.7 Å². The number of halogens is 2. The number of amides is 3. The molecule has 0 heterocycles. The predicted molar refractivity (Wildman–Crippen MR) is 210 cm³/mol. The molecular formula is C42H31Cl2N3O4S. The molecule has 6 rings (SSSR count). The first-order valence-corrected chi connectivity index (χ1v) is 17.7. The molecule has 0 aliphatic heterocycles. The summed E-state index contributed by atoms with van der Waals surface area (Å²) in [7, 11) is 0. The Morgan fingerprint density at radius 1 is 0.635 bits per heavy atom. The lowest BCUT2D eigenvalue weighted by Gasteiger charge is -2.18. The van der Waals surface area contributed by atoms with Gasteiger partial charge in [0.2, 0.25) is 5.91 Å². The molecule has 0 bridgehead atoms. The summed E-state index contributed by atoms with van der Waals surface area (Å²) >= 11 is 14.0. The van der Waals surface area contributed by atoms with Crippen LogP contribution in [-0.2, 0) is 9.59 Å². The van der Waals surface area contributed by atoms with E-state index in [1.165, 1.54) is 17.8 Å². The van der Waals surface area contributed by atoms with Crippen molar-refractivity contribution in [2.24, 2.45) is 0 Å². The zero-order chi connectivity index (χ0) is 36.3. The fourth-order valence-electron chi connectivity index (χ4n) is 5.05. The van der Waals surface area contributed by atoms with Gasteiger partial charge in [0.1, 0.15) is 22.4 Å². The average molecular weight is 745 g/mol. The van der Waals surface area contributed by atoms with Gasteiger partial charge in [-0.15, -0.1) is 11.8 Å². The first kappa shape index (κ1) is 36.0. The normalized spacial score (nSPS) is 11.6. The Morgan fingerprint density at radius 2 is 1.27 bits per heavy atom. The highest BCUT2D eigenvalue weighted by atomic mass is 35.5. The third-order valence-corrected chi connectivity index (χ3v) is 9.68. The van der Waals surface area contributed by atoms with Crippen LogP contribution in [0.5, 0.6) is 11.5 Å². The van der Waals surface area contributed by atoms with E-state index in [2.05, 4.69) is 16.0 Å². The van der Waals surface area contributed by atoms with Crippen LogP contribution in [0, 0.1) is 0 Å². The standard InChI is InChI=1S/C42H31Cl2N3O4S/c43-36-21-10-16-30(38(36)44)26-37(47-40(48)29-14-6-2-7-15-29)41(49)46-32-17-11-20-35(27-32)52-39(28-12-4-1-5-13-28)42(50)45-31-22-24-34(25-23-31)51-33-18-8-3-9-19-33/h1-27,39H,(H,45,50)(H,46,49)(H,47,48)/b37-26+. The van der Waals surface area contributed by atoms with Crippen LogP contribution in [0.1, 0.15) is 26.7 Å². The van der Waals surface area contributed by atoms with Gasteiger partial charge >= 0.3 is 0 Å². The summed E-state index contributed by atoms with van der Waals surface area (Å²) in [6, 6.07) is 46.8. The molecule has 0 aliphatic carbocycles. The largest absolute Gasteiger partial charge is 0.457 e. The summed E-state index contributed by atoms with van der Waals surface area (Å²) in [6.45, 7) is 0. The van der Waals surface area contributed by atoms with Crippen LogP contribution in [0.4, 0.5) is 11.4 Å². The second kappa shape index (κ2) is 17.4.